The molecule has 0 aliphatic heterocycles. The lowest BCUT2D eigenvalue weighted by Crippen LogP contribution is -2.23. The van der Waals surface area contributed by atoms with Crippen molar-refractivity contribution < 1.29 is 4.79 Å². The molecule has 2 heterocycles. The fourth-order valence-electron chi connectivity index (χ4n) is 2.59. The van der Waals surface area contributed by atoms with Gasteiger partial charge in [-0.05, 0) is 30.2 Å². The van der Waals surface area contributed by atoms with Crippen molar-refractivity contribution in [3.8, 4) is 11.3 Å². The minimum Gasteiger partial charge on any atom is -0.349 e. The van der Waals surface area contributed by atoms with Crippen molar-refractivity contribution in [1.29, 1.82) is 0 Å². The zero-order valence-corrected chi connectivity index (χ0v) is 13.9. The average molecular weight is 308 g/mol. The number of hydrogen-bond donors (Lipinski definition) is 0. The van der Waals surface area contributed by atoms with Gasteiger partial charge in [-0.25, -0.2) is 4.98 Å². The van der Waals surface area contributed by atoms with Crippen molar-refractivity contribution in [2.75, 3.05) is 14.1 Å². The lowest BCUT2D eigenvalue weighted by Gasteiger charge is -2.11. The summed E-state index contributed by atoms with van der Waals surface area (Å²) in [6.45, 7) is 2.08. The van der Waals surface area contributed by atoms with Crippen LogP contribution >= 0.6 is 0 Å². The van der Waals surface area contributed by atoms with E-state index >= 15 is 0 Å². The van der Waals surface area contributed by atoms with E-state index in [0.717, 1.165) is 27.7 Å². The Morgan fingerprint density at radius 1 is 1.26 bits per heavy atom. The van der Waals surface area contributed by atoms with Crippen LogP contribution in [0, 0.1) is 6.92 Å². The predicted octanol–water partition coefficient (Wildman–Crippen LogP) is 2.57. The number of likely N-dealkylation sites (N-methyl/N-ethyl adjacent to an activating group) is 1. The Kier molecular flexibility index (Phi) is 3.86. The number of carbonyl (C=O) groups is 1. The second-order valence-electron chi connectivity index (χ2n) is 6.04. The quantitative estimate of drug-likeness (QED) is 0.747. The Balaban J connectivity index is 2.05. The largest absolute Gasteiger partial charge is 0.349 e. The Morgan fingerprint density at radius 3 is 2.70 bits per heavy atom. The number of amides is 1. The van der Waals surface area contributed by atoms with Crippen molar-refractivity contribution >= 4 is 16.8 Å². The maximum absolute atomic E-state index is 11.9. The van der Waals surface area contributed by atoms with Crippen LogP contribution in [0.5, 0.6) is 0 Å². The van der Waals surface area contributed by atoms with Gasteiger partial charge in [0.2, 0.25) is 5.91 Å². The third-order valence-corrected chi connectivity index (χ3v) is 3.94. The van der Waals surface area contributed by atoms with E-state index in [4.69, 9.17) is 4.98 Å². The molecule has 3 rings (SSSR count). The van der Waals surface area contributed by atoms with E-state index in [1.54, 1.807) is 23.7 Å². The number of fused-ring (bicyclic) bond motifs is 1. The molecule has 5 nitrogen and oxygen atoms in total. The van der Waals surface area contributed by atoms with Crippen LogP contribution in [0.4, 0.5) is 0 Å². The van der Waals surface area contributed by atoms with E-state index < -0.39 is 0 Å². The molecular formula is C18H20N4O. The summed E-state index contributed by atoms with van der Waals surface area (Å²) in [5.74, 6) is 0.0875. The normalized spacial score (nSPS) is 11.0. The van der Waals surface area contributed by atoms with Crippen LogP contribution in [0.15, 0.2) is 36.7 Å². The highest BCUT2D eigenvalue weighted by Gasteiger charge is 2.10. The fraction of sp³-hybridized carbons (Fsp3) is 0.278. The maximum Gasteiger partial charge on any atom is 0.226 e. The Hall–Kier alpha value is -2.69. The molecule has 1 amide bonds. The smallest absolute Gasteiger partial charge is 0.226 e. The first-order valence-electron chi connectivity index (χ1n) is 7.53. The van der Waals surface area contributed by atoms with Crippen LogP contribution in [0.3, 0.4) is 0 Å². The van der Waals surface area contributed by atoms with Crippen LogP contribution < -0.4 is 0 Å². The first-order valence-corrected chi connectivity index (χ1v) is 7.53. The summed E-state index contributed by atoms with van der Waals surface area (Å²) in [4.78, 5) is 18.3. The van der Waals surface area contributed by atoms with Gasteiger partial charge in [-0.1, -0.05) is 12.1 Å². The highest BCUT2D eigenvalue weighted by Crippen LogP contribution is 2.25. The number of carbonyl (C=O) groups excluding carboxylic acids is 1. The van der Waals surface area contributed by atoms with Gasteiger partial charge in [0, 0.05) is 38.3 Å². The van der Waals surface area contributed by atoms with Crippen LogP contribution in [0.2, 0.25) is 0 Å². The lowest BCUT2D eigenvalue weighted by atomic mass is 10.0. The summed E-state index contributed by atoms with van der Waals surface area (Å²) >= 11 is 0. The van der Waals surface area contributed by atoms with Crippen molar-refractivity contribution in [3.63, 3.8) is 0 Å². The van der Waals surface area contributed by atoms with E-state index in [1.807, 2.05) is 37.6 Å². The number of aromatic nitrogens is 3. The van der Waals surface area contributed by atoms with Crippen molar-refractivity contribution in [2.24, 2.45) is 7.05 Å². The summed E-state index contributed by atoms with van der Waals surface area (Å²) in [6, 6.07) is 8.12. The van der Waals surface area contributed by atoms with Gasteiger partial charge in [-0.2, -0.15) is 5.10 Å². The minimum absolute atomic E-state index is 0.0875. The summed E-state index contributed by atoms with van der Waals surface area (Å²) in [7, 11) is 5.43. The molecule has 0 bridgehead atoms. The van der Waals surface area contributed by atoms with Crippen LogP contribution in [0.25, 0.3) is 22.2 Å². The lowest BCUT2D eigenvalue weighted by molar-refractivity contribution is -0.127. The molecule has 0 unspecified atom stereocenters. The third kappa shape index (κ3) is 3.08. The number of benzene rings is 1. The number of aryl methyl sites for hydroxylation is 2. The molecule has 0 fully saturated rings. The number of rotatable bonds is 3. The van der Waals surface area contributed by atoms with Gasteiger partial charge in [0.1, 0.15) is 0 Å². The van der Waals surface area contributed by atoms with Crippen LogP contribution in [-0.2, 0) is 18.3 Å². The summed E-state index contributed by atoms with van der Waals surface area (Å²) in [5, 5.41) is 5.32. The SMILES string of the molecule is Cc1cc(-c2cnn(C)c2)nc2cc(CC(=O)N(C)C)ccc12. The monoisotopic (exact) mass is 308 g/mol. The zero-order chi connectivity index (χ0) is 16.6. The van der Waals surface area contributed by atoms with Gasteiger partial charge in [-0.3, -0.25) is 9.48 Å². The Bertz CT molecular complexity index is 880. The predicted molar refractivity (Wildman–Crippen MR) is 91.1 cm³/mol. The molecule has 3 aromatic rings. The van der Waals surface area contributed by atoms with Crippen molar-refractivity contribution in [2.45, 2.75) is 13.3 Å². The molecule has 118 valence electrons. The molecule has 1 aromatic carbocycles. The van der Waals surface area contributed by atoms with Gasteiger partial charge in [0.05, 0.1) is 23.8 Å². The highest BCUT2D eigenvalue weighted by molar-refractivity contribution is 5.87. The van der Waals surface area contributed by atoms with Gasteiger partial charge in [0.15, 0.2) is 0 Å². The molecule has 2 aromatic heterocycles. The van der Waals surface area contributed by atoms with E-state index in [0.29, 0.717) is 6.42 Å². The van der Waals surface area contributed by atoms with E-state index in [9.17, 15) is 4.79 Å². The van der Waals surface area contributed by atoms with E-state index in [-0.39, 0.29) is 5.91 Å². The average Bonchev–Trinajstić information content (AvgIpc) is 2.93. The van der Waals surface area contributed by atoms with E-state index in [2.05, 4.69) is 18.1 Å². The summed E-state index contributed by atoms with van der Waals surface area (Å²) < 4.78 is 1.77. The second-order valence-corrected chi connectivity index (χ2v) is 6.04. The fourth-order valence-corrected chi connectivity index (χ4v) is 2.59. The number of nitrogens with zero attached hydrogens (tertiary/aromatic N) is 4. The van der Waals surface area contributed by atoms with Crippen LogP contribution in [0.1, 0.15) is 11.1 Å². The Labute approximate surface area is 135 Å². The summed E-state index contributed by atoms with van der Waals surface area (Å²) in [5.41, 5.74) is 4.95. The van der Waals surface area contributed by atoms with Gasteiger partial charge < -0.3 is 4.90 Å². The first kappa shape index (κ1) is 15.2. The third-order valence-electron chi connectivity index (χ3n) is 3.94. The topological polar surface area (TPSA) is 51.0 Å². The molecule has 0 saturated heterocycles. The van der Waals surface area contributed by atoms with Gasteiger partial charge in [-0.15, -0.1) is 0 Å². The zero-order valence-electron chi connectivity index (χ0n) is 13.9. The molecule has 0 spiro atoms. The van der Waals surface area contributed by atoms with Crippen molar-refractivity contribution in [3.05, 3.63) is 47.8 Å². The number of pyridine rings is 1. The molecule has 23 heavy (non-hydrogen) atoms. The van der Waals surface area contributed by atoms with Crippen molar-refractivity contribution in [1.82, 2.24) is 19.7 Å². The minimum atomic E-state index is 0.0875. The molecule has 0 aliphatic rings. The standard InChI is InChI=1S/C18H20N4O/c1-12-7-16(14-10-19-22(4)11-14)20-17-8-13(5-6-15(12)17)9-18(23)21(2)3/h5-8,10-11H,9H2,1-4H3. The number of hydrogen-bond acceptors (Lipinski definition) is 3. The molecule has 0 atom stereocenters. The molecular weight excluding hydrogens is 288 g/mol. The van der Waals surface area contributed by atoms with Gasteiger partial charge >= 0.3 is 0 Å². The highest BCUT2D eigenvalue weighted by atomic mass is 16.2. The maximum atomic E-state index is 11.9. The van der Waals surface area contributed by atoms with E-state index in [1.165, 1.54) is 5.56 Å². The molecule has 0 N–H and O–H groups in total. The molecule has 0 saturated carbocycles. The van der Waals surface area contributed by atoms with Crippen LogP contribution in [-0.4, -0.2) is 39.7 Å². The molecule has 0 aliphatic carbocycles. The Morgan fingerprint density at radius 2 is 2.04 bits per heavy atom. The molecule has 0 radical (unpaired) electrons. The second kappa shape index (κ2) is 5.83. The summed E-state index contributed by atoms with van der Waals surface area (Å²) in [6.07, 6.45) is 4.15. The van der Waals surface area contributed by atoms with Gasteiger partial charge in [0.25, 0.3) is 0 Å². The molecule has 5 heteroatoms. The first-order chi connectivity index (χ1) is 10.9.